The smallest absolute Gasteiger partial charge is 0.240 e. The van der Waals surface area contributed by atoms with E-state index in [9.17, 15) is 9.90 Å². The number of hydrogen-bond donors (Lipinski definition) is 2. The van der Waals surface area contributed by atoms with E-state index >= 15 is 0 Å². The molecule has 1 amide bonds. The van der Waals surface area contributed by atoms with Crippen molar-refractivity contribution in [3.63, 3.8) is 0 Å². The molecule has 5 nitrogen and oxygen atoms in total. The Morgan fingerprint density at radius 2 is 2.05 bits per heavy atom. The van der Waals surface area contributed by atoms with Gasteiger partial charge >= 0.3 is 0 Å². The summed E-state index contributed by atoms with van der Waals surface area (Å²) in [6.07, 6.45) is 2.98. The number of piperidine rings is 1. The quantitative estimate of drug-likeness (QED) is 0.810. The van der Waals surface area contributed by atoms with Crippen molar-refractivity contribution in [2.24, 2.45) is 11.0 Å². The van der Waals surface area contributed by atoms with Crippen LogP contribution in [-0.2, 0) is 11.2 Å². The summed E-state index contributed by atoms with van der Waals surface area (Å²) in [5.41, 5.74) is 7.31. The number of nitrogens with one attached hydrogen (secondary N) is 1. The number of hydrazone groups is 1. The first kappa shape index (κ1) is 12.8. The molecular formula is C16H19N3O2. The number of benzene rings is 1. The maximum absolute atomic E-state index is 11.5. The first-order valence-electron chi connectivity index (χ1n) is 7.63. The van der Waals surface area contributed by atoms with Gasteiger partial charge in [-0.2, -0.15) is 5.10 Å². The Kier molecular flexibility index (Phi) is 2.96. The SMILES string of the molecule is O=C1CC2Cc3cc(N4CCC(O)CC4)ccc3C2=NN1. The zero-order valence-corrected chi connectivity index (χ0v) is 11.9. The third kappa shape index (κ3) is 2.21. The third-order valence-corrected chi connectivity index (χ3v) is 4.78. The summed E-state index contributed by atoms with van der Waals surface area (Å²) >= 11 is 0. The van der Waals surface area contributed by atoms with E-state index in [4.69, 9.17) is 0 Å². The van der Waals surface area contributed by atoms with Crippen molar-refractivity contribution < 1.29 is 9.90 Å². The Bertz CT molecular complexity index is 618. The van der Waals surface area contributed by atoms with E-state index in [1.54, 1.807) is 0 Å². The number of nitrogens with zero attached hydrogens (tertiary/aromatic N) is 2. The molecule has 110 valence electrons. The lowest BCUT2D eigenvalue weighted by Crippen LogP contribution is -2.35. The van der Waals surface area contributed by atoms with Crippen LogP contribution in [0.15, 0.2) is 23.3 Å². The Morgan fingerprint density at radius 3 is 2.86 bits per heavy atom. The van der Waals surface area contributed by atoms with Crippen molar-refractivity contribution in [3.05, 3.63) is 29.3 Å². The van der Waals surface area contributed by atoms with Crippen molar-refractivity contribution >= 4 is 17.3 Å². The molecule has 0 radical (unpaired) electrons. The van der Waals surface area contributed by atoms with Crippen LogP contribution in [0.5, 0.6) is 0 Å². The molecule has 0 aromatic heterocycles. The number of rotatable bonds is 1. The fourth-order valence-electron chi connectivity index (χ4n) is 3.61. The summed E-state index contributed by atoms with van der Waals surface area (Å²) < 4.78 is 0. The van der Waals surface area contributed by atoms with Crippen LogP contribution in [0.3, 0.4) is 0 Å². The van der Waals surface area contributed by atoms with Gasteiger partial charge in [0, 0.05) is 36.7 Å². The topological polar surface area (TPSA) is 64.9 Å². The molecule has 0 spiro atoms. The van der Waals surface area contributed by atoms with Gasteiger partial charge in [-0.05, 0) is 37.0 Å². The molecule has 1 saturated heterocycles. The highest BCUT2D eigenvalue weighted by molar-refractivity contribution is 6.09. The standard InChI is InChI=1S/C16H19N3O2/c20-13-3-5-19(6-4-13)12-1-2-14-10(8-12)7-11-9-15(21)17-18-16(11)14/h1-2,8,11,13,20H,3-7,9H2,(H,17,21). The van der Waals surface area contributed by atoms with Crippen molar-refractivity contribution in [3.8, 4) is 0 Å². The minimum atomic E-state index is -0.148. The van der Waals surface area contributed by atoms with Crippen molar-refractivity contribution in [2.75, 3.05) is 18.0 Å². The molecule has 1 unspecified atom stereocenters. The van der Waals surface area contributed by atoms with Crippen LogP contribution < -0.4 is 10.3 Å². The van der Waals surface area contributed by atoms with Gasteiger partial charge in [-0.25, -0.2) is 5.43 Å². The predicted molar refractivity (Wildman–Crippen MR) is 80.4 cm³/mol. The predicted octanol–water partition coefficient (Wildman–Crippen LogP) is 1.04. The van der Waals surface area contributed by atoms with Crippen LogP contribution in [-0.4, -0.2) is 35.9 Å². The summed E-state index contributed by atoms with van der Waals surface area (Å²) in [5.74, 6) is 0.258. The largest absolute Gasteiger partial charge is 0.393 e. The molecule has 1 fully saturated rings. The van der Waals surface area contributed by atoms with Crippen LogP contribution in [0.1, 0.15) is 30.4 Å². The number of amides is 1. The highest BCUT2D eigenvalue weighted by Crippen LogP contribution is 2.34. The van der Waals surface area contributed by atoms with Gasteiger partial charge in [-0.3, -0.25) is 4.79 Å². The molecular weight excluding hydrogens is 266 g/mol. The van der Waals surface area contributed by atoms with E-state index < -0.39 is 0 Å². The van der Waals surface area contributed by atoms with Crippen molar-refractivity contribution in [1.29, 1.82) is 0 Å². The molecule has 1 aliphatic carbocycles. The lowest BCUT2D eigenvalue weighted by Gasteiger charge is -2.31. The second kappa shape index (κ2) is 4.84. The second-order valence-corrected chi connectivity index (χ2v) is 6.20. The van der Waals surface area contributed by atoms with E-state index in [0.29, 0.717) is 6.42 Å². The normalized spacial score (nSPS) is 25.2. The molecule has 5 heteroatoms. The Labute approximate surface area is 123 Å². The number of aliphatic hydroxyl groups is 1. The first-order chi connectivity index (χ1) is 10.2. The van der Waals surface area contributed by atoms with Gasteiger partial charge in [0.15, 0.2) is 0 Å². The minimum Gasteiger partial charge on any atom is -0.393 e. The van der Waals surface area contributed by atoms with Crippen molar-refractivity contribution in [1.82, 2.24) is 5.43 Å². The summed E-state index contributed by atoms with van der Waals surface area (Å²) in [6.45, 7) is 1.81. The number of anilines is 1. The van der Waals surface area contributed by atoms with Gasteiger partial charge in [0.1, 0.15) is 0 Å². The molecule has 2 N–H and O–H groups in total. The molecule has 1 aromatic rings. The molecule has 3 aliphatic rings. The van der Waals surface area contributed by atoms with Gasteiger partial charge in [0.25, 0.3) is 0 Å². The average Bonchev–Trinajstić information content (AvgIpc) is 2.84. The second-order valence-electron chi connectivity index (χ2n) is 6.20. The summed E-state index contributed by atoms with van der Waals surface area (Å²) in [4.78, 5) is 13.8. The maximum Gasteiger partial charge on any atom is 0.240 e. The first-order valence-corrected chi connectivity index (χ1v) is 7.63. The molecule has 1 aromatic carbocycles. The fourth-order valence-corrected chi connectivity index (χ4v) is 3.61. The summed E-state index contributed by atoms with van der Waals surface area (Å²) in [6, 6.07) is 6.50. The lowest BCUT2D eigenvalue weighted by atomic mass is 9.99. The molecule has 4 rings (SSSR count). The molecule has 1 atom stereocenters. The lowest BCUT2D eigenvalue weighted by molar-refractivity contribution is -0.121. The van der Waals surface area contributed by atoms with Gasteiger partial charge < -0.3 is 10.0 Å². The molecule has 2 aliphatic heterocycles. The molecule has 21 heavy (non-hydrogen) atoms. The van der Waals surface area contributed by atoms with Crippen LogP contribution in [0.2, 0.25) is 0 Å². The van der Waals surface area contributed by atoms with E-state index in [0.717, 1.165) is 38.1 Å². The van der Waals surface area contributed by atoms with Gasteiger partial charge in [0.05, 0.1) is 11.8 Å². The fraction of sp³-hybridized carbons (Fsp3) is 0.500. The summed E-state index contributed by atoms with van der Waals surface area (Å²) in [7, 11) is 0. The highest BCUT2D eigenvalue weighted by atomic mass is 16.3. The summed E-state index contributed by atoms with van der Waals surface area (Å²) in [5, 5.41) is 13.8. The van der Waals surface area contributed by atoms with E-state index in [2.05, 4.69) is 33.6 Å². The van der Waals surface area contributed by atoms with Gasteiger partial charge in [-0.15, -0.1) is 0 Å². The zero-order valence-electron chi connectivity index (χ0n) is 11.9. The highest BCUT2D eigenvalue weighted by Gasteiger charge is 2.33. The minimum absolute atomic E-state index is 0.0156. The number of aliphatic hydroxyl groups excluding tert-OH is 1. The molecule has 0 saturated carbocycles. The van der Waals surface area contributed by atoms with Crippen molar-refractivity contribution in [2.45, 2.75) is 31.8 Å². The Hall–Kier alpha value is -1.88. The number of carbonyl (C=O) groups excluding carboxylic acids is 1. The average molecular weight is 285 g/mol. The number of fused-ring (bicyclic) bond motifs is 3. The third-order valence-electron chi connectivity index (χ3n) is 4.78. The van der Waals surface area contributed by atoms with E-state index in [-0.39, 0.29) is 17.9 Å². The van der Waals surface area contributed by atoms with E-state index in [1.165, 1.54) is 16.8 Å². The van der Waals surface area contributed by atoms with Gasteiger partial charge in [0.2, 0.25) is 5.91 Å². The molecule has 2 heterocycles. The Morgan fingerprint density at radius 1 is 1.24 bits per heavy atom. The Balaban J connectivity index is 1.60. The zero-order chi connectivity index (χ0) is 14.4. The van der Waals surface area contributed by atoms with Gasteiger partial charge in [-0.1, -0.05) is 6.07 Å². The monoisotopic (exact) mass is 285 g/mol. The van der Waals surface area contributed by atoms with Crippen LogP contribution in [0.4, 0.5) is 5.69 Å². The maximum atomic E-state index is 11.5. The number of hydrogen-bond acceptors (Lipinski definition) is 4. The molecule has 0 bridgehead atoms. The van der Waals surface area contributed by atoms with Crippen LogP contribution in [0.25, 0.3) is 0 Å². The van der Waals surface area contributed by atoms with E-state index in [1.807, 2.05) is 0 Å². The van der Waals surface area contributed by atoms with Crippen LogP contribution >= 0.6 is 0 Å². The van der Waals surface area contributed by atoms with Crippen LogP contribution in [0, 0.1) is 5.92 Å². The number of carbonyl (C=O) groups is 1.